The number of piperidine rings is 1. The molecule has 1 saturated heterocycles. The van der Waals surface area contributed by atoms with Crippen LogP contribution in [0.3, 0.4) is 0 Å². The first-order chi connectivity index (χ1) is 9.60. The van der Waals surface area contributed by atoms with Crippen molar-refractivity contribution >= 4 is 11.9 Å². The molecule has 1 fully saturated rings. The van der Waals surface area contributed by atoms with E-state index < -0.39 is 6.03 Å². The molecule has 0 aromatic carbocycles. The van der Waals surface area contributed by atoms with Crippen LogP contribution in [0, 0.1) is 0 Å². The van der Waals surface area contributed by atoms with E-state index in [1.807, 2.05) is 20.9 Å². The minimum absolute atomic E-state index is 0.215. The van der Waals surface area contributed by atoms with Crippen LogP contribution < -0.4 is 16.0 Å². The van der Waals surface area contributed by atoms with Gasteiger partial charge in [0.2, 0.25) is 5.91 Å². The number of likely N-dealkylation sites (tertiary alicyclic amines) is 1. The molecule has 0 aliphatic carbocycles. The summed E-state index contributed by atoms with van der Waals surface area (Å²) < 4.78 is 0. The smallest absolute Gasteiger partial charge is 0.321 e. The summed E-state index contributed by atoms with van der Waals surface area (Å²) in [5, 5.41) is 8.15. The van der Waals surface area contributed by atoms with Crippen LogP contribution in [-0.4, -0.2) is 55.6 Å². The van der Waals surface area contributed by atoms with Crippen LogP contribution in [0.1, 0.15) is 39.5 Å². The molecule has 0 bridgehead atoms. The molecule has 6 heteroatoms. The van der Waals surface area contributed by atoms with E-state index in [0.29, 0.717) is 12.6 Å². The van der Waals surface area contributed by atoms with E-state index in [0.717, 1.165) is 32.4 Å². The molecule has 1 aliphatic rings. The Hall–Kier alpha value is -1.14. The van der Waals surface area contributed by atoms with Crippen molar-refractivity contribution in [2.75, 3.05) is 26.7 Å². The zero-order valence-corrected chi connectivity index (χ0v) is 12.9. The lowest BCUT2D eigenvalue weighted by Gasteiger charge is -2.39. The zero-order valence-electron chi connectivity index (χ0n) is 12.9. The SMILES string of the molecule is CCNC(=O)NC(=O)C(C)N1CCCCC1CCNC. The van der Waals surface area contributed by atoms with Crippen LogP contribution in [0.2, 0.25) is 0 Å². The molecule has 0 aromatic heterocycles. The largest absolute Gasteiger partial charge is 0.338 e. The number of rotatable bonds is 6. The minimum atomic E-state index is -0.409. The summed E-state index contributed by atoms with van der Waals surface area (Å²) in [5.41, 5.74) is 0. The summed E-state index contributed by atoms with van der Waals surface area (Å²) in [5.74, 6) is -0.215. The molecule has 1 heterocycles. The summed E-state index contributed by atoms with van der Waals surface area (Å²) >= 11 is 0. The maximum Gasteiger partial charge on any atom is 0.321 e. The number of hydrogen-bond donors (Lipinski definition) is 3. The maximum atomic E-state index is 12.1. The second-order valence-corrected chi connectivity index (χ2v) is 5.30. The highest BCUT2D eigenvalue weighted by Gasteiger charge is 2.30. The minimum Gasteiger partial charge on any atom is -0.338 e. The molecule has 0 radical (unpaired) electrons. The highest BCUT2D eigenvalue weighted by atomic mass is 16.2. The molecule has 3 N–H and O–H groups in total. The van der Waals surface area contributed by atoms with Crippen LogP contribution >= 0.6 is 0 Å². The third-order valence-electron chi connectivity index (χ3n) is 3.85. The van der Waals surface area contributed by atoms with Gasteiger partial charge in [-0.1, -0.05) is 6.42 Å². The normalized spacial score (nSPS) is 21.2. The number of carbonyl (C=O) groups excluding carboxylic acids is 2. The fourth-order valence-corrected chi connectivity index (χ4v) is 2.73. The van der Waals surface area contributed by atoms with E-state index in [2.05, 4.69) is 20.9 Å². The Kier molecular flexibility index (Phi) is 7.54. The quantitative estimate of drug-likeness (QED) is 0.671. The average Bonchev–Trinajstić information content (AvgIpc) is 2.44. The van der Waals surface area contributed by atoms with Crippen molar-refractivity contribution in [3.63, 3.8) is 0 Å². The highest BCUT2D eigenvalue weighted by Crippen LogP contribution is 2.21. The van der Waals surface area contributed by atoms with Gasteiger partial charge >= 0.3 is 6.03 Å². The number of urea groups is 1. The standard InChI is InChI=1S/C14H28N4O2/c1-4-16-14(20)17-13(19)11(2)18-10-6-5-7-12(18)8-9-15-3/h11-12,15H,4-10H2,1-3H3,(H2,16,17,19,20). The molecule has 6 nitrogen and oxygen atoms in total. The number of carbonyl (C=O) groups is 2. The van der Waals surface area contributed by atoms with E-state index in [-0.39, 0.29) is 11.9 Å². The Balaban J connectivity index is 2.55. The first-order valence-corrected chi connectivity index (χ1v) is 7.59. The van der Waals surface area contributed by atoms with Gasteiger partial charge in [0.15, 0.2) is 0 Å². The van der Waals surface area contributed by atoms with Gasteiger partial charge in [0.05, 0.1) is 6.04 Å². The molecule has 1 rings (SSSR count). The molecule has 1 aliphatic heterocycles. The molecule has 20 heavy (non-hydrogen) atoms. The van der Waals surface area contributed by atoms with Crippen LogP contribution in [0.25, 0.3) is 0 Å². The first kappa shape index (κ1) is 16.9. The number of nitrogens with one attached hydrogen (secondary N) is 3. The van der Waals surface area contributed by atoms with Crippen molar-refractivity contribution in [3.05, 3.63) is 0 Å². The van der Waals surface area contributed by atoms with Crippen molar-refractivity contribution in [2.45, 2.75) is 51.6 Å². The topological polar surface area (TPSA) is 73.5 Å². The predicted molar refractivity (Wildman–Crippen MR) is 79.6 cm³/mol. The average molecular weight is 284 g/mol. The monoisotopic (exact) mass is 284 g/mol. The summed E-state index contributed by atoms with van der Waals surface area (Å²) in [6.45, 7) is 6.10. The molecule has 0 spiro atoms. The van der Waals surface area contributed by atoms with E-state index in [1.165, 1.54) is 6.42 Å². The molecule has 3 amide bonds. The van der Waals surface area contributed by atoms with E-state index in [4.69, 9.17) is 0 Å². The van der Waals surface area contributed by atoms with Crippen LogP contribution in [0.15, 0.2) is 0 Å². The second kappa shape index (κ2) is 8.92. The van der Waals surface area contributed by atoms with Gasteiger partial charge in [0, 0.05) is 12.6 Å². The highest BCUT2D eigenvalue weighted by molar-refractivity contribution is 5.96. The molecule has 2 atom stereocenters. The van der Waals surface area contributed by atoms with Crippen molar-refractivity contribution in [3.8, 4) is 0 Å². The van der Waals surface area contributed by atoms with E-state index >= 15 is 0 Å². The lowest BCUT2D eigenvalue weighted by molar-refractivity contribution is -0.126. The van der Waals surface area contributed by atoms with Gasteiger partial charge in [-0.15, -0.1) is 0 Å². The van der Waals surface area contributed by atoms with Gasteiger partial charge in [0.25, 0.3) is 0 Å². The molecule has 0 saturated carbocycles. The van der Waals surface area contributed by atoms with E-state index in [1.54, 1.807) is 0 Å². The first-order valence-electron chi connectivity index (χ1n) is 7.59. The van der Waals surface area contributed by atoms with Gasteiger partial charge in [0.1, 0.15) is 0 Å². The lowest BCUT2D eigenvalue weighted by atomic mass is 9.97. The number of nitrogens with zero attached hydrogens (tertiary/aromatic N) is 1. The number of hydrogen-bond acceptors (Lipinski definition) is 4. The second-order valence-electron chi connectivity index (χ2n) is 5.30. The Morgan fingerprint density at radius 2 is 2.10 bits per heavy atom. The Labute approximate surface area is 121 Å². The molecule has 2 unspecified atom stereocenters. The van der Waals surface area contributed by atoms with Gasteiger partial charge in [-0.05, 0) is 53.2 Å². The zero-order chi connectivity index (χ0) is 15.0. The molecular formula is C14H28N4O2. The summed E-state index contributed by atoms with van der Waals surface area (Å²) in [6, 6.07) is -0.251. The van der Waals surface area contributed by atoms with E-state index in [9.17, 15) is 9.59 Å². The Morgan fingerprint density at radius 1 is 1.35 bits per heavy atom. The molecule has 0 aromatic rings. The van der Waals surface area contributed by atoms with Gasteiger partial charge in [-0.2, -0.15) is 0 Å². The number of imide groups is 1. The van der Waals surface area contributed by atoms with Crippen LogP contribution in [0.5, 0.6) is 0 Å². The lowest BCUT2D eigenvalue weighted by Crippen LogP contribution is -2.54. The third-order valence-corrected chi connectivity index (χ3v) is 3.85. The van der Waals surface area contributed by atoms with Crippen molar-refractivity contribution < 1.29 is 9.59 Å². The predicted octanol–water partition coefficient (Wildman–Crippen LogP) is 0.685. The number of amides is 3. The van der Waals surface area contributed by atoms with Crippen molar-refractivity contribution in [1.29, 1.82) is 0 Å². The summed E-state index contributed by atoms with van der Waals surface area (Å²) in [7, 11) is 1.94. The van der Waals surface area contributed by atoms with Gasteiger partial charge in [-0.25, -0.2) is 4.79 Å². The molecular weight excluding hydrogens is 256 g/mol. The van der Waals surface area contributed by atoms with Crippen molar-refractivity contribution in [1.82, 2.24) is 20.9 Å². The van der Waals surface area contributed by atoms with Crippen LogP contribution in [0.4, 0.5) is 4.79 Å². The Bertz CT molecular complexity index is 322. The summed E-state index contributed by atoms with van der Waals surface area (Å²) in [6.07, 6.45) is 4.50. The fraction of sp³-hybridized carbons (Fsp3) is 0.857. The maximum absolute atomic E-state index is 12.1. The fourth-order valence-electron chi connectivity index (χ4n) is 2.73. The Morgan fingerprint density at radius 3 is 2.75 bits per heavy atom. The van der Waals surface area contributed by atoms with Gasteiger partial charge < -0.3 is 10.6 Å². The van der Waals surface area contributed by atoms with Crippen molar-refractivity contribution in [2.24, 2.45) is 0 Å². The summed E-state index contributed by atoms with van der Waals surface area (Å²) in [4.78, 5) is 25.8. The molecule has 116 valence electrons. The third kappa shape index (κ3) is 5.09. The van der Waals surface area contributed by atoms with Gasteiger partial charge in [-0.3, -0.25) is 15.0 Å². The van der Waals surface area contributed by atoms with Crippen LogP contribution in [-0.2, 0) is 4.79 Å².